The fourth-order valence-corrected chi connectivity index (χ4v) is 2.89. The van der Waals surface area contributed by atoms with Crippen LogP contribution in [0.5, 0.6) is 5.75 Å². The van der Waals surface area contributed by atoms with Crippen molar-refractivity contribution in [3.05, 3.63) is 53.6 Å². The Labute approximate surface area is 170 Å². The Bertz CT molecular complexity index is 903. The number of carbonyl (C=O) groups excluding carboxylic acids is 2. The average molecular weight is 395 g/mol. The molecule has 1 amide bonds. The van der Waals surface area contributed by atoms with Crippen LogP contribution in [-0.2, 0) is 14.3 Å². The van der Waals surface area contributed by atoms with Crippen LogP contribution in [0, 0.1) is 11.3 Å². The first-order valence-corrected chi connectivity index (χ1v) is 9.38. The molecular weight excluding hydrogens is 370 g/mol. The highest BCUT2D eigenvalue weighted by Gasteiger charge is 2.21. The van der Waals surface area contributed by atoms with Crippen LogP contribution in [0.2, 0.25) is 0 Å². The van der Waals surface area contributed by atoms with Crippen molar-refractivity contribution in [1.29, 1.82) is 5.26 Å². The largest absolute Gasteiger partial charge is 0.492 e. The van der Waals surface area contributed by atoms with Gasteiger partial charge in [-0.3, -0.25) is 9.59 Å². The number of hydrogen-bond donors (Lipinski definition) is 1. The fraction of sp³-hybridized carbons (Fsp3) is 0.318. The zero-order valence-electron chi connectivity index (χ0n) is 17.1. The Morgan fingerprint density at radius 2 is 1.83 bits per heavy atom. The van der Waals surface area contributed by atoms with Crippen molar-refractivity contribution >= 4 is 23.3 Å². The molecule has 7 nitrogen and oxygen atoms in total. The molecule has 0 aliphatic rings. The van der Waals surface area contributed by atoms with Crippen LogP contribution in [0.25, 0.3) is 0 Å². The highest BCUT2D eigenvalue weighted by molar-refractivity contribution is 5.93. The zero-order valence-corrected chi connectivity index (χ0v) is 17.1. The van der Waals surface area contributed by atoms with E-state index < -0.39 is 12.2 Å². The summed E-state index contributed by atoms with van der Waals surface area (Å²) in [5.74, 6) is 0.00781. The van der Waals surface area contributed by atoms with Gasteiger partial charge in [0.2, 0.25) is 5.91 Å². The third kappa shape index (κ3) is 5.72. The van der Waals surface area contributed by atoms with Crippen molar-refractivity contribution in [3.63, 3.8) is 0 Å². The van der Waals surface area contributed by atoms with E-state index >= 15 is 0 Å². The molecule has 0 bridgehead atoms. The number of anilines is 2. The molecule has 0 heterocycles. The number of hydrogen-bond acceptors (Lipinski definition) is 6. The van der Waals surface area contributed by atoms with E-state index in [0.29, 0.717) is 41.4 Å². The Balaban J connectivity index is 2.44. The Hall–Kier alpha value is -3.53. The second kappa shape index (κ2) is 10.1. The minimum atomic E-state index is -0.777. The van der Waals surface area contributed by atoms with Crippen molar-refractivity contribution in [2.24, 2.45) is 0 Å². The molecule has 0 fully saturated rings. The molecule has 7 heteroatoms. The Morgan fingerprint density at radius 3 is 2.34 bits per heavy atom. The minimum absolute atomic E-state index is 0.116. The molecule has 1 unspecified atom stereocenters. The number of carbonyl (C=O) groups is 2. The number of esters is 1. The molecule has 2 aromatic rings. The highest BCUT2D eigenvalue weighted by atomic mass is 16.6. The number of benzene rings is 2. The van der Waals surface area contributed by atoms with Crippen LogP contribution >= 0.6 is 0 Å². The number of ether oxygens (including phenoxy) is 2. The van der Waals surface area contributed by atoms with Crippen LogP contribution in [0.3, 0.4) is 0 Å². The normalized spacial score (nSPS) is 11.1. The lowest BCUT2D eigenvalue weighted by molar-refractivity contribution is -0.145. The number of nitriles is 1. The van der Waals surface area contributed by atoms with Crippen molar-refractivity contribution in [2.75, 3.05) is 23.4 Å². The molecule has 152 valence electrons. The topological polar surface area (TPSA) is 91.7 Å². The van der Waals surface area contributed by atoms with Crippen molar-refractivity contribution in [2.45, 2.75) is 33.9 Å². The van der Waals surface area contributed by atoms with Gasteiger partial charge in [-0.15, -0.1) is 0 Å². The molecule has 0 saturated heterocycles. The molecule has 2 aromatic carbocycles. The van der Waals surface area contributed by atoms with Gasteiger partial charge in [-0.1, -0.05) is 0 Å². The summed E-state index contributed by atoms with van der Waals surface area (Å²) in [6.07, 6.45) is -0.777. The average Bonchev–Trinajstić information content (AvgIpc) is 2.69. The minimum Gasteiger partial charge on any atom is -0.492 e. The fourth-order valence-electron chi connectivity index (χ4n) is 2.89. The number of nitrogens with zero attached hydrogens (tertiary/aromatic N) is 2. The molecule has 1 N–H and O–H groups in total. The van der Waals surface area contributed by atoms with E-state index in [2.05, 4.69) is 11.4 Å². The van der Waals surface area contributed by atoms with E-state index in [1.54, 1.807) is 47.4 Å². The van der Waals surface area contributed by atoms with Crippen molar-refractivity contribution in [1.82, 2.24) is 0 Å². The third-order valence-corrected chi connectivity index (χ3v) is 4.17. The lowest BCUT2D eigenvalue weighted by Crippen LogP contribution is -2.29. The third-order valence-electron chi connectivity index (χ3n) is 4.17. The first-order chi connectivity index (χ1) is 13.9. The van der Waals surface area contributed by atoms with Crippen LogP contribution < -0.4 is 15.0 Å². The maximum absolute atomic E-state index is 12.1. The van der Waals surface area contributed by atoms with Crippen LogP contribution in [0.4, 0.5) is 11.4 Å². The van der Waals surface area contributed by atoms with Crippen LogP contribution in [0.1, 0.15) is 45.0 Å². The summed E-state index contributed by atoms with van der Waals surface area (Å²) in [6, 6.07) is 14.2. The standard InChI is InChI=1S/C22H25N3O4/c1-5-25(15(3)26)20-13-18(9-12-21(20)28-6-2)22(29-16(4)27)24-19-10-7-17(14-23)8-11-19/h7-13,22,24H,5-6H2,1-4H3. The lowest BCUT2D eigenvalue weighted by Gasteiger charge is -2.25. The maximum Gasteiger partial charge on any atom is 0.304 e. The van der Waals surface area contributed by atoms with E-state index in [4.69, 9.17) is 14.7 Å². The monoisotopic (exact) mass is 395 g/mol. The van der Waals surface area contributed by atoms with E-state index in [0.717, 1.165) is 0 Å². The summed E-state index contributed by atoms with van der Waals surface area (Å²) in [7, 11) is 0. The summed E-state index contributed by atoms with van der Waals surface area (Å²) in [5, 5.41) is 12.1. The summed E-state index contributed by atoms with van der Waals surface area (Å²) in [5.41, 5.74) is 2.48. The Kier molecular flexibility index (Phi) is 7.61. The van der Waals surface area contributed by atoms with Crippen LogP contribution in [-0.4, -0.2) is 25.0 Å². The highest BCUT2D eigenvalue weighted by Crippen LogP contribution is 2.33. The Morgan fingerprint density at radius 1 is 1.14 bits per heavy atom. The van der Waals surface area contributed by atoms with Gasteiger partial charge in [-0.05, 0) is 56.3 Å². The first-order valence-electron chi connectivity index (χ1n) is 9.38. The predicted octanol–water partition coefficient (Wildman–Crippen LogP) is 4.00. The van der Waals surface area contributed by atoms with Gasteiger partial charge in [0.25, 0.3) is 0 Å². The van der Waals surface area contributed by atoms with Gasteiger partial charge in [-0.2, -0.15) is 5.26 Å². The molecular formula is C22H25N3O4. The summed E-state index contributed by atoms with van der Waals surface area (Å²) in [6.45, 7) is 7.50. The van der Waals surface area contributed by atoms with Gasteiger partial charge in [0, 0.05) is 31.6 Å². The van der Waals surface area contributed by atoms with Gasteiger partial charge in [0.05, 0.1) is 23.9 Å². The van der Waals surface area contributed by atoms with Crippen molar-refractivity contribution < 1.29 is 19.1 Å². The van der Waals surface area contributed by atoms with Gasteiger partial charge >= 0.3 is 5.97 Å². The second-order valence-corrected chi connectivity index (χ2v) is 6.25. The van der Waals surface area contributed by atoms with Crippen LogP contribution in [0.15, 0.2) is 42.5 Å². The zero-order chi connectivity index (χ0) is 21.4. The predicted molar refractivity (Wildman–Crippen MR) is 111 cm³/mol. The molecule has 2 rings (SSSR count). The van der Waals surface area contributed by atoms with E-state index in [1.807, 2.05) is 13.8 Å². The SMILES string of the molecule is CCOc1ccc(C(Nc2ccc(C#N)cc2)OC(C)=O)cc1N(CC)C(C)=O. The maximum atomic E-state index is 12.1. The van der Waals surface area contributed by atoms with Gasteiger partial charge < -0.3 is 19.7 Å². The molecule has 0 saturated carbocycles. The first kappa shape index (κ1) is 21.8. The number of nitrogens with one attached hydrogen (secondary N) is 1. The summed E-state index contributed by atoms with van der Waals surface area (Å²) < 4.78 is 11.1. The van der Waals surface area contributed by atoms with Gasteiger partial charge in [0.1, 0.15) is 5.75 Å². The molecule has 29 heavy (non-hydrogen) atoms. The van der Waals surface area contributed by atoms with E-state index in [-0.39, 0.29) is 5.91 Å². The quantitative estimate of drug-likeness (QED) is 0.536. The van der Waals surface area contributed by atoms with E-state index in [9.17, 15) is 9.59 Å². The lowest BCUT2D eigenvalue weighted by atomic mass is 10.1. The van der Waals surface area contributed by atoms with Crippen molar-refractivity contribution in [3.8, 4) is 11.8 Å². The molecule has 0 spiro atoms. The number of amides is 1. The van der Waals surface area contributed by atoms with Gasteiger partial charge in [0.15, 0.2) is 6.23 Å². The molecule has 0 aliphatic heterocycles. The summed E-state index contributed by atoms with van der Waals surface area (Å²) in [4.78, 5) is 25.4. The van der Waals surface area contributed by atoms with E-state index in [1.165, 1.54) is 13.8 Å². The molecule has 0 aromatic heterocycles. The number of rotatable bonds is 8. The second-order valence-electron chi connectivity index (χ2n) is 6.25. The molecule has 0 radical (unpaired) electrons. The smallest absolute Gasteiger partial charge is 0.304 e. The molecule has 0 aliphatic carbocycles. The summed E-state index contributed by atoms with van der Waals surface area (Å²) >= 11 is 0. The molecule has 1 atom stereocenters. The van der Waals surface area contributed by atoms with Gasteiger partial charge in [-0.25, -0.2) is 0 Å².